The number of alkyl halides is 3. The standard InChI is InChI=1S/C13H22F3NO/c1-3-12(4-2,10-18)9-17-7-5-11(6-8-17)13(14,15)16/h10-11H,3-9H2,1-2H3. The van der Waals surface area contributed by atoms with E-state index in [1.54, 1.807) is 0 Å². The van der Waals surface area contributed by atoms with Crippen molar-refractivity contribution in [3.05, 3.63) is 0 Å². The largest absolute Gasteiger partial charge is 0.391 e. The van der Waals surface area contributed by atoms with Gasteiger partial charge in [-0.05, 0) is 38.8 Å². The summed E-state index contributed by atoms with van der Waals surface area (Å²) in [6.07, 6.45) is -1.29. The summed E-state index contributed by atoms with van der Waals surface area (Å²) in [5, 5.41) is 0. The van der Waals surface area contributed by atoms with Crippen molar-refractivity contribution in [1.29, 1.82) is 0 Å². The van der Waals surface area contributed by atoms with Crippen LogP contribution >= 0.6 is 0 Å². The van der Waals surface area contributed by atoms with Gasteiger partial charge in [-0.3, -0.25) is 0 Å². The fourth-order valence-electron chi connectivity index (χ4n) is 2.54. The van der Waals surface area contributed by atoms with Crippen LogP contribution in [0.15, 0.2) is 0 Å². The molecule has 0 aromatic heterocycles. The molecule has 0 radical (unpaired) electrons. The third-order valence-corrected chi connectivity index (χ3v) is 4.25. The van der Waals surface area contributed by atoms with Crippen LogP contribution in [0, 0.1) is 11.3 Å². The molecule has 5 heteroatoms. The van der Waals surface area contributed by atoms with Gasteiger partial charge in [0.25, 0.3) is 0 Å². The normalized spacial score (nSPS) is 20.1. The third kappa shape index (κ3) is 3.70. The molecule has 0 aromatic carbocycles. The van der Waals surface area contributed by atoms with Crippen molar-refractivity contribution < 1.29 is 18.0 Å². The number of hydrogen-bond donors (Lipinski definition) is 0. The Morgan fingerprint density at radius 2 is 1.67 bits per heavy atom. The van der Waals surface area contributed by atoms with Crippen LogP contribution in [-0.2, 0) is 4.79 Å². The number of nitrogens with zero attached hydrogens (tertiary/aromatic N) is 1. The van der Waals surface area contributed by atoms with Crippen molar-refractivity contribution in [3.63, 3.8) is 0 Å². The molecular weight excluding hydrogens is 243 g/mol. The molecule has 1 heterocycles. The molecule has 0 atom stereocenters. The average molecular weight is 265 g/mol. The highest BCUT2D eigenvalue weighted by atomic mass is 19.4. The first-order valence-corrected chi connectivity index (χ1v) is 6.62. The van der Waals surface area contributed by atoms with Gasteiger partial charge in [-0.2, -0.15) is 13.2 Å². The summed E-state index contributed by atoms with van der Waals surface area (Å²) < 4.78 is 37.6. The second-order valence-electron chi connectivity index (χ2n) is 5.28. The van der Waals surface area contributed by atoms with Crippen LogP contribution in [0.5, 0.6) is 0 Å². The molecule has 0 unspecified atom stereocenters. The van der Waals surface area contributed by atoms with Gasteiger partial charge in [0.1, 0.15) is 6.29 Å². The van der Waals surface area contributed by atoms with Crippen molar-refractivity contribution in [1.82, 2.24) is 4.90 Å². The number of carbonyl (C=O) groups is 1. The van der Waals surface area contributed by atoms with Crippen LogP contribution < -0.4 is 0 Å². The summed E-state index contributed by atoms with van der Waals surface area (Å²) in [5.74, 6) is -1.16. The van der Waals surface area contributed by atoms with Gasteiger partial charge in [0.05, 0.1) is 5.92 Å². The predicted molar refractivity (Wildman–Crippen MR) is 64.3 cm³/mol. The molecule has 0 saturated carbocycles. The van der Waals surface area contributed by atoms with Crippen molar-refractivity contribution in [2.45, 2.75) is 45.7 Å². The summed E-state index contributed by atoms with van der Waals surface area (Å²) in [6, 6.07) is 0. The van der Waals surface area contributed by atoms with E-state index >= 15 is 0 Å². The van der Waals surface area contributed by atoms with Crippen LogP contribution in [0.25, 0.3) is 0 Å². The van der Waals surface area contributed by atoms with Gasteiger partial charge >= 0.3 is 6.18 Å². The topological polar surface area (TPSA) is 20.3 Å². The van der Waals surface area contributed by atoms with Gasteiger partial charge in [0.2, 0.25) is 0 Å². The van der Waals surface area contributed by atoms with Gasteiger partial charge in [0.15, 0.2) is 0 Å². The highest BCUT2D eigenvalue weighted by molar-refractivity contribution is 5.59. The first kappa shape index (κ1) is 15.5. The molecule has 1 aliphatic heterocycles. The highest BCUT2D eigenvalue weighted by Crippen LogP contribution is 2.35. The van der Waals surface area contributed by atoms with E-state index in [4.69, 9.17) is 0 Å². The number of hydrogen-bond acceptors (Lipinski definition) is 2. The zero-order chi connectivity index (χ0) is 13.8. The number of carbonyl (C=O) groups excluding carboxylic acids is 1. The SMILES string of the molecule is CCC(C=O)(CC)CN1CCC(C(F)(F)F)CC1. The van der Waals surface area contributed by atoms with Gasteiger partial charge in [0, 0.05) is 12.0 Å². The molecule has 0 bridgehead atoms. The lowest BCUT2D eigenvalue weighted by Crippen LogP contribution is -2.44. The van der Waals surface area contributed by atoms with Crippen LogP contribution in [0.2, 0.25) is 0 Å². The van der Waals surface area contributed by atoms with Crippen LogP contribution in [0.4, 0.5) is 13.2 Å². The first-order chi connectivity index (χ1) is 8.37. The Morgan fingerprint density at radius 1 is 1.17 bits per heavy atom. The predicted octanol–water partition coefficient (Wildman–Crippen LogP) is 3.27. The maximum Gasteiger partial charge on any atom is 0.391 e. The molecule has 1 aliphatic rings. The van der Waals surface area contributed by atoms with E-state index in [1.165, 1.54) is 0 Å². The third-order valence-electron chi connectivity index (χ3n) is 4.25. The number of halogens is 3. The molecule has 18 heavy (non-hydrogen) atoms. The maximum atomic E-state index is 12.5. The Labute approximate surface area is 107 Å². The van der Waals surface area contributed by atoms with Crippen molar-refractivity contribution in [2.24, 2.45) is 11.3 Å². The number of aldehydes is 1. The summed E-state index contributed by atoms with van der Waals surface area (Å²) in [4.78, 5) is 13.2. The molecular formula is C13H22F3NO. The minimum Gasteiger partial charge on any atom is -0.303 e. The quantitative estimate of drug-likeness (QED) is 0.711. The number of piperidine rings is 1. The average Bonchev–Trinajstić information content (AvgIpc) is 2.36. The van der Waals surface area contributed by atoms with Crippen molar-refractivity contribution in [2.75, 3.05) is 19.6 Å². The lowest BCUT2D eigenvalue weighted by molar-refractivity contribution is -0.185. The van der Waals surface area contributed by atoms with E-state index in [0.717, 1.165) is 19.1 Å². The molecule has 106 valence electrons. The molecule has 0 spiro atoms. The molecule has 0 amide bonds. The van der Waals surface area contributed by atoms with E-state index in [-0.39, 0.29) is 18.3 Å². The van der Waals surface area contributed by atoms with E-state index < -0.39 is 12.1 Å². The number of likely N-dealkylation sites (tertiary alicyclic amines) is 1. The van der Waals surface area contributed by atoms with Crippen LogP contribution in [0.3, 0.4) is 0 Å². The monoisotopic (exact) mass is 265 g/mol. The van der Waals surface area contributed by atoms with Gasteiger partial charge in [-0.15, -0.1) is 0 Å². The first-order valence-electron chi connectivity index (χ1n) is 6.62. The zero-order valence-corrected chi connectivity index (χ0v) is 11.1. The Kier molecular flexibility index (Phi) is 5.20. The highest BCUT2D eigenvalue weighted by Gasteiger charge is 2.41. The van der Waals surface area contributed by atoms with Crippen molar-refractivity contribution >= 4 is 6.29 Å². The molecule has 0 aromatic rings. The second kappa shape index (κ2) is 6.04. The molecule has 0 aliphatic carbocycles. The van der Waals surface area contributed by atoms with Gasteiger partial charge in [-0.1, -0.05) is 13.8 Å². The lowest BCUT2D eigenvalue weighted by Gasteiger charge is -2.37. The summed E-state index contributed by atoms with van der Waals surface area (Å²) in [5.41, 5.74) is -0.384. The molecule has 1 rings (SSSR count). The Hall–Kier alpha value is -0.580. The fourth-order valence-corrected chi connectivity index (χ4v) is 2.54. The second-order valence-corrected chi connectivity index (χ2v) is 5.28. The maximum absolute atomic E-state index is 12.5. The Morgan fingerprint density at radius 3 is 2.00 bits per heavy atom. The molecule has 1 saturated heterocycles. The lowest BCUT2D eigenvalue weighted by atomic mass is 9.82. The number of rotatable bonds is 5. The summed E-state index contributed by atoms with van der Waals surface area (Å²) in [7, 11) is 0. The summed E-state index contributed by atoms with van der Waals surface area (Å²) in [6.45, 7) is 5.40. The Balaban J connectivity index is 2.51. The van der Waals surface area contributed by atoms with Crippen molar-refractivity contribution in [3.8, 4) is 0 Å². The molecule has 2 nitrogen and oxygen atoms in total. The van der Waals surface area contributed by atoms with Crippen LogP contribution in [-0.4, -0.2) is 37.0 Å². The molecule has 0 N–H and O–H groups in total. The summed E-state index contributed by atoms with van der Waals surface area (Å²) >= 11 is 0. The Bertz CT molecular complexity index is 266. The smallest absolute Gasteiger partial charge is 0.303 e. The van der Waals surface area contributed by atoms with E-state index in [2.05, 4.69) is 0 Å². The molecule has 1 fully saturated rings. The minimum atomic E-state index is -4.07. The zero-order valence-electron chi connectivity index (χ0n) is 11.1. The van der Waals surface area contributed by atoms with E-state index in [9.17, 15) is 18.0 Å². The van der Waals surface area contributed by atoms with E-state index in [0.29, 0.717) is 19.6 Å². The fraction of sp³-hybridized carbons (Fsp3) is 0.923. The van der Waals surface area contributed by atoms with Gasteiger partial charge in [-0.25, -0.2) is 0 Å². The van der Waals surface area contributed by atoms with Gasteiger partial charge < -0.3 is 9.69 Å². The van der Waals surface area contributed by atoms with E-state index in [1.807, 2.05) is 18.7 Å². The van der Waals surface area contributed by atoms with Crippen LogP contribution in [0.1, 0.15) is 39.5 Å². The minimum absolute atomic E-state index is 0.159.